The van der Waals surface area contributed by atoms with Gasteiger partial charge in [0.05, 0.1) is 6.61 Å². The molecule has 0 aromatic carbocycles. The third-order valence-corrected chi connectivity index (χ3v) is 4.34. The van der Waals surface area contributed by atoms with Gasteiger partial charge in [-0.25, -0.2) is 9.59 Å². The SMILES string of the molecule is O=C(NC(C1CC1)C1CC1)NC1(C(=O)O)CCOC1. The van der Waals surface area contributed by atoms with E-state index < -0.39 is 11.5 Å². The third-order valence-electron chi connectivity index (χ3n) is 4.34. The smallest absolute Gasteiger partial charge is 0.332 e. The van der Waals surface area contributed by atoms with E-state index >= 15 is 0 Å². The van der Waals surface area contributed by atoms with Gasteiger partial charge in [-0.05, 0) is 37.5 Å². The van der Waals surface area contributed by atoms with Crippen molar-refractivity contribution in [1.82, 2.24) is 10.6 Å². The molecule has 19 heavy (non-hydrogen) atoms. The van der Waals surface area contributed by atoms with Gasteiger partial charge in [-0.3, -0.25) is 0 Å². The van der Waals surface area contributed by atoms with Gasteiger partial charge in [-0.15, -0.1) is 0 Å². The molecule has 0 spiro atoms. The normalized spacial score (nSPS) is 30.4. The van der Waals surface area contributed by atoms with Crippen LogP contribution in [0.15, 0.2) is 0 Å². The number of carbonyl (C=O) groups excluding carboxylic acids is 1. The fraction of sp³-hybridized carbons (Fsp3) is 0.846. The maximum atomic E-state index is 12.0. The molecule has 1 atom stereocenters. The van der Waals surface area contributed by atoms with Crippen LogP contribution >= 0.6 is 0 Å². The number of carbonyl (C=O) groups is 2. The summed E-state index contributed by atoms with van der Waals surface area (Å²) in [5, 5.41) is 14.9. The zero-order valence-electron chi connectivity index (χ0n) is 10.9. The molecule has 2 aliphatic carbocycles. The second kappa shape index (κ2) is 4.67. The number of hydrogen-bond acceptors (Lipinski definition) is 3. The van der Waals surface area contributed by atoms with Gasteiger partial charge in [-0.1, -0.05) is 0 Å². The number of carboxylic acids is 1. The van der Waals surface area contributed by atoms with Crippen molar-refractivity contribution in [2.24, 2.45) is 11.8 Å². The number of amides is 2. The molecule has 2 saturated carbocycles. The molecule has 0 aromatic rings. The van der Waals surface area contributed by atoms with Crippen LogP contribution in [0.3, 0.4) is 0 Å². The van der Waals surface area contributed by atoms with E-state index in [0.29, 0.717) is 24.9 Å². The average Bonchev–Trinajstić information content (AvgIpc) is 3.27. The van der Waals surface area contributed by atoms with Gasteiger partial charge in [0.15, 0.2) is 5.54 Å². The Kier molecular flexibility index (Phi) is 3.12. The Morgan fingerprint density at radius 2 is 1.84 bits per heavy atom. The summed E-state index contributed by atoms with van der Waals surface area (Å²) in [7, 11) is 0. The molecule has 3 rings (SSSR count). The van der Waals surface area contributed by atoms with E-state index in [4.69, 9.17) is 4.74 Å². The van der Waals surface area contributed by atoms with Crippen molar-refractivity contribution >= 4 is 12.0 Å². The topological polar surface area (TPSA) is 87.7 Å². The Bertz CT molecular complexity index is 372. The van der Waals surface area contributed by atoms with Crippen LogP contribution < -0.4 is 10.6 Å². The second-order valence-electron chi connectivity index (χ2n) is 5.99. The predicted molar refractivity (Wildman–Crippen MR) is 66.7 cm³/mol. The van der Waals surface area contributed by atoms with Crippen molar-refractivity contribution in [3.63, 3.8) is 0 Å². The largest absolute Gasteiger partial charge is 0.479 e. The Balaban J connectivity index is 1.58. The summed E-state index contributed by atoms with van der Waals surface area (Å²) in [5.41, 5.74) is -1.25. The highest BCUT2D eigenvalue weighted by molar-refractivity contribution is 5.86. The summed E-state index contributed by atoms with van der Waals surface area (Å²) in [4.78, 5) is 23.4. The molecule has 1 aliphatic heterocycles. The molecule has 6 heteroatoms. The molecule has 1 saturated heterocycles. The highest BCUT2D eigenvalue weighted by Gasteiger charge is 2.46. The highest BCUT2D eigenvalue weighted by Crippen LogP contribution is 2.44. The molecule has 0 bridgehead atoms. The molecule has 1 unspecified atom stereocenters. The van der Waals surface area contributed by atoms with E-state index in [0.717, 1.165) is 0 Å². The number of rotatable bonds is 5. The molecular weight excluding hydrogens is 248 g/mol. The van der Waals surface area contributed by atoms with Crippen LogP contribution in [0.4, 0.5) is 4.79 Å². The fourth-order valence-electron chi connectivity index (χ4n) is 2.82. The van der Waals surface area contributed by atoms with Gasteiger partial charge in [0.2, 0.25) is 0 Å². The van der Waals surface area contributed by atoms with Crippen molar-refractivity contribution in [2.75, 3.05) is 13.2 Å². The lowest BCUT2D eigenvalue weighted by Gasteiger charge is -2.26. The molecule has 3 aliphatic rings. The zero-order valence-corrected chi connectivity index (χ0v) is 10.9. The van der Waals surface area contributed by atoms with Gasteiger partial charge >= 0.3 is 12.0 Å². The molecule has 3 N–H and O–H groups in total. The maximum Gasteiger partial charge on any atom is 0.332 e. The average molecular weight is 268 g/mol. The van der Waals surface area contributed by atoms with Crippen molar-refractivity contribution < 1.29 is 19.4 Å². The molecule has 1 heterocycles. The predicted octanol–water partition coefficient (Wildman–Crippen LogP) is 0.718. The van der Waals surface area contributed by atoms with Gasteiger partial charge in [-0.2, -0.15) is 0 Å². The lowest BCUT2D eigenvalue weighted by Crippen LogP contribution is -2.59. The minimum absolute atomic E-state index is 0.0489. The van der Waals surface area contributed by atoms with Crippen LogP contribution in [-0.2, 0) is 9.53 Å². The summed E-state index contributed by atoms with van der Waals surface area (Å²) in [6.07, 6.45) is 5.03. The lowest BCUT2D eigenvalue weighted by molar-refractivity contribution is -0.144. The first-order valence-electron chi connectivity index (χ1n) is 7.00. The molecule has 2 amide bonds. The van der Waals surface area contributed by atoms with E-state index in [1.807, 2.05) is 0 Å². The van der Waals surface area contributed by atoms with Crippen LogP contribution in [0.25, 0.3) is 0 Å². The first-order chi connectivity index (χ1) is 9.11. The van der Waals surface area contributed by atoms with E-state index in [-0.39, 0.29) is 18.7 Å². The van der Waals surface area contributed by atoms with Crippen molar-refractivity contribution in [2.45, 2.75) is 43.7 Å². The van der Waals surface area contributed by atoms with Crippen LogP contribution in [0.5, 0.6) is 0 Å². The zero-order chi connectivity index (χ0) is 13.5. The summed E-state index contributed by atoms with van der Waals surface area (Å²) < 4.78 is 5.12. The number of aliphatic carboxylic acids is 1. The minimum atomic E-state index is -1.25. The molecule has 3 fully saturated rings. The van der Waals surface area contributed by atoms with Crippen molar-refractivity contribution in [1.29, 1.82) is 0 Å². The van der Waals surface area contributed by atoms with Gasteiger partial charge in [0.1, 0.15) is 0 Å². The number of carboxylic acid groups (broad SMARTS) is 1. The van der Waals surface area contributed by atoms with E-state index in [2.05, 4.69) is 10.6 Å². The first-order valence-corrected chi connectivity index (χ1v) is 7.00. The molecule has 0 radical (unpaired) electrons. The summed E-state index contributed by atoms with van der Waals surface area (Å²) in [6, 6.07) is -0.134. The van der Waals surface area contributed by atoms with Crippen molar-refractivity contribution in [3.05, 3.63) is 0 Å². The molecular formula is C13H20N2O4. The third kappa shape index (κ3) is 2.68. The Hall–Kier alpha value is -1.30. The van der Waals surface area contributed by atoms with Gasteiger partial charge < -0.3 is 20.5 Å². The number of hydrogen-bond donors (Lipinski definition) is 3. The second-order valence-corrected chi connectivity index (χ2v) is 5.99. The Labute approximate surface area is 111 Å². The quantitative estimate of drug-likeness (QED) is 0.685. The molecule has 0 aromatic heterocycles. The summed E-state index contributed by atoms with van der Waals surface area (Å²) in [6.45, 7) is 0.425. The Morgan fingerprint density at radius 3 is 2.26 bits per heavy atom. The van der Waals surface area contributed by atoms with Crippen LogP contribution in [0.1, 0.15) is 32.1 Å². The van der Waals surface area contributed by atoms with E-state index in [1.165, 1.54) is 25.7 Å². The van der Waals surface area contributed by atoms with Crippen LogP contribution in [0.2, 0.25) is 0 Å². The van der Waals surface area contributed by atoms with Gasteiger partial charge in [0.25, 0.3) is 0 Å². The lowest BCUT2D eigenvalue weighted by atomic mass is 9.99. The molecule has 106 valence electrons. The van der Waals surface area contributed by atoms with Crippen LogP contribution in [0, 0.1) is 11.8 Å². The first kappa shape index (κ1) is 12.7. The highest BCUT2D eigenvalue weighted by atomic mass is 16.5. The van der Waals surface area contributed by atoms with Gasteiger partial charge in [0, 0.05) is 19.1 Å². The standard InChI is InChI=1S/C13H20N2O4/c16-11(17)13(5-6-19-7-13)15-12(18)14-10(8-1-2-8)9-3-4-9/h8-10H,1-7H2,(H,16,17)(H2,14,15,18). The Morgan fingerprint density at radius 1 is 1.21 bits per heavy atom. The fourth-order valence-corrected chi connectivity index (χ4v) is 2.82. The number of ether oxygens (including phenoxy) is 1. The van der Waals surface area contributed by atoms with E-state index in [1.54, 1.807) is 0 Å². The summed E-state index contributed by atoms with van der Waals surface area (Å²) >= 11 is 0. The molecule has 6 nitrogen and oxygen atoms in total. The monoisotopic (exact) mass is 268 g/mol. The summed E-state index contributed by atoms with van der Waals surface area (Å²) in [5.74, 6) is 0.173. The number of nitrogens with one attached hydrogen (secondary N) is 2. The van der Waals surface area contributed by atoms with E-state index in [9.17, 15) is 14.7 Å². The minimum Gasteiger partial charge on any atom is -0.479 e. The van der Waals surface area contributed by atoms with Crippen LogP contribution in [-0.4, -0.2) is 41.9 Å². The maximum absolute atomic E-state index is 12.0. The van der Waals surface area contributed by atoms with Crippen molar-refractivity contribution in [3.8, 4) is 0 Å². The number of urea groups is 1.